The monoisotopic (exact) mass is 433 g/mol. The molecule has 1 unspecified atom stereocenters. The minimum absolute atomic E-state index is 0.0341. The molecule has 0 spiro atoms. The second-order valence-electron chi connectivity index (χ2n) is 8.65. The fourth-order valence-corrected chi connectivity index (χ4v) is 4.97. The Morgan fingerprint density at radius 1 is 1.31 bits per heavy atom. The van der Waals surface area contributed by atoms with E-state index in [4.69, 9.17) is 9.84 Å². The number of allylic oxidation sites excluding steroid dienone is 1. The maximum absolute atomic E-state index is 13.2. The van der Waals surface area contributed by atoms with E-state index in [1.165, 1.54) is 22.2 Å². The number of hydrogen-bond acceptors (Lipinski definition) is 4. The number of nitrogens with zero attached hydrogens (tertiary/aromatic N) is 3. The third-order valence-electron chi connectivity index (χ3n) is 6.65. The summed E-state index contributed by atoms with van der Waals surface area (Å²) in [5, 5.41) is 9.76. The lowest BCUT2D eigenvalue weighted by atomic mass is 9.91. The van der Waals surface area contributed by atoms with Gasteiger partial charge in [0, 0.05) is 47.5 Å². The van der Waals surface area contributed by atoms with Crippen LogP contribution in [-0.2, 0) is 30.5 Å². The number of carbonyl (C=O) groups is 1. The number of carbonyl (C=O) groups excluding carboxylic acids is 1. The third-order valence-corrected chi connectivity index (χ3v) is 6.65. The van der Waals surface area contributed by atoms with E-state index in [1.807, 2.05) is 15.7 Å². The van der Waals surface area contributed by atoms with Gasteiger partial charge in [0.25, 0.3) is 5.91 Å². The molecule has 2 N–H and O–H groups in total. The van der Waals surface area contributed by atoms with Crippen molar-refractivity contribution in [2.45, 2.75) is 38.3 Å². The Bertz CT molecular complexity index is 1110. The van der Waals surface area contributed by atoms with Crippen molar-refractivity contribution in [2.24, 2.45) is 0 Å². The van der Waals surface area contributed by atoms with Crippen molar-refractivity contribution < 1.29 is 9.53 Å². The van der Waals surface area contributed by atoms with Crippen LogP contribution < -0.4 is 5.32 Å². The van der Waals surface area contributed by atoms with Crippen LogP contribution in [0.25, 0.3) is 10.9 Å². The van der Waals surface area contributed by atoms with Crippen LogP contribution in [0.2, 0.25) is 0 Å². The van der Waals surface area contributed by atoms with Gasteiger partial charge in [0.1, 0.15) is 0 Å². The van der Waals surface area contributed by atoms with Gasteiger partial charge in [-0.3, -0.25) is 9.48 Å². The number of para-hydroxylation sites is 1. The molecule has 0 saturated carbocycles. The van der Waals surface area contributed by atoms with E-state index >= 15 is 0 Å². The first kappa shape index (κ1) is 21.0. The molecule has 32 heavy (non-hydrogen) atoms. The number of hydrogen-bond donors (Lipinski definition) is 2. The van der Waals surface area contributed by atoms with Gasteiger partial charge in [-0.2, -0.15) is 5.10 Å². The summed E-state index contributed by atoms with van der Waals surface area (Å²) in [6.07, 6.45) is 7.76. The fourth-order valence-electron chi connectivity index (χ4n) is 4.97. The quantitative estimate of drug-likeness (QED) is 0.562. The summed E-state index contributed by atoms with van der Waals surface area (Å²) >= 11 is 0. The number of morpholine rings is 1. The second-order valence-corrected chi connectivity index (χ2v) is 8.65. The summed E-state index contributed by atoms with van der Waals surface area (Å²) in [6.45, 7) is 7.87. The number of ether oxygens (including phenoxy) is 1. The van der Waals surface area contributed by atoms with Crippen molar-refractivity contribution in [3.8, 4) is 0 Å². The van der Waals surface area contributed by atoms with Gasteiger partial charge in [0.15, 0.2) is 5.69 Å². The van der Waals surface area contributed by atoms with Crippen LogP contribution in [0.15, 0.2) is 43.1 Å². The molecular weight excluding hydrogens is 402 g/mol. The molecule has 0 radical (unpaired) electrons. The Balaban J connectivity index is 1.28. The number of aromatic nitrogens is 3. The summed E-state index contributed by atoms with van der Waals surface area (Å²) in [6, 6.07) is 8.78. The molecule has 2 aliphatic rings. The van der Waals surface area contributed by atoms with E-state index in [9.17, 15) is 4.79 Å². The maximum atomic E-state index is 13.2. The van der Waals surface area contributed by atoms with E-state index in [2.05, 4.69) is 47.3 Å². The number of nitrogens with one attached hydrogen (secondary N) is 2. The van der Waals surface area contributed by atoms with Crippen LogP contribution >= 0.6 is 0 Å². The van der Waals surface area contributed by atoms with E-state index in [-0.39, 0.29) is 5.91 Å². The highest BCUT2D eigenvalue weighted by Crippen LogP contribution is 2.26. The predicted octanol–water partition coefficient (Wildman–Crippen LogP) is 2.71. The highest BCUT2D eigenvalue weighted by Gasteiger charge is 2.31. The summed E-state index contributed by atoms with van der Waals surface area (Å²) in [5.74, 6) is 0.0341. The smallest absolute Gasteiger partial charge is 0.274 e. The van der Waals surface area contributed by atoms with Crippen LogP contribution in [0.5, 0.6) is 0 Å². The molecule has 1 aliphatic heterocycles. The van der Waals surface area contributed by atoms with E-state index in [0.717, 1.165) is 37.8 Å². The SMILES string of the molecule is C=CCn1nc(C(=O)N2CCOCC2)c2c1CCC(NCCc1c[nH]c3ccccc13)C2. The van der Waals surface area contributed by atoms with Gasteiger partial charge in [-0.05, 0) is 43.9 Å². The Morgan fingerprint density at radius 2 is 2.16 bits per heavy atom. The summed E-state index contributed by atoms with van der Waals surface area (Å²) in [4.78, 5) is 18.5. The molecule has 1 atom stereocenters. The van der Waals surface area contributed by atoms with Crippen molar-refractivity contribution in [3.63, 3.8) is 0 Å². The van der Waals surface area contributed by atoms with Gasteiger partial charge in [-0.25, -0.2) is 0 Å². The van der Waals surface area contributed by atoms with Crippen molar-refractivity contribution in [1.29, 1.82) is 0 Å². The first-order chi connectivity index (χ1) is 15.7. The summed E-state index contributed by atoms with van der Waals surface area (Å²) < 4.78 is 7.39. The van der Waals surface area contributed by atoms with Crippen LogP contribution in [0.1, 0.15) is 33.7 Å². The van der Waals surface area contributed by atoms with Gasteiger partial charge < -0.3 is 19.9 Å². The molecule has 168 valence electrons. The van der Waals surface area contributed by atoms with Crippen molar-refractivity contribution in [2.75, 3.05) is 32.8 Å². The molecule has 7 heteroatoms. The molecule has 1 aliphatic carbocycles. The van der Waals surface area contributed by atoms with Crippen LogP contribution in [0.4, 0.5) is 0 Å². The lowest BCUT2D eigenvalue weighted by Gasteiger charge is -2.28. The molecule has 5 rings (SSSR count). The van der Waals surface area contributed by atoms with Crippen LogP contribution in [0.3, 0.4) is 0 Å². The highest BCUT2D eigenvalue weighted by molar-refractivity contribution is 5.94. The molecule has 0 bridgehead atoms. The van der Waals surface area contributed by atoms with E-state index in [0.29, 0.717) is 44.6 Å². The van der Waals surface area contributed by atoms with E-state index in [1.54, 1.807) is 0 Å². The van der Waals surface area contributed by atoms with Gasteiger partial charge in [-0.15, -0.1) is 6.58 Å². The zero-order valence-electron chi connectivity index (χ0n) is 18.5. The third kappa shape index (κ3) is 4.10. The van der Waals surface area contributed by atoms with Gasteiger partial charge >= 0.3 is 0 Å². The fraction of sp³-hybridized carbons (Fsp3) is 0.440. The number of benzene rings is 1. The molecule has 3 aromatic rings. The van der Waals surface area contributed by atoms with Gasteiger partial charge in [0.2, 0.25) is 0 Å². The first-order valence-corrected chi connectivity index (χ1v) is 11.6. The lowest BCUT2D eigenvalue weighted by molar-refractivity contribution is 0.0297. The Hall–Kier alpha value is -2.90. The number of aromatic amines is 1. The average Bonchev–Trinajstić information content (AvgIpc) is 3.41. The maximum Gasteiger partial charge on any atom is 0.274 e. The topological polar surface area (TPSA) is 75.2 Å². The molecule has 7 nitrogen and oxygen atoms in total. The molecule has 1 aromatic carbocycles. The molecule has 3 heterocycles. The van der Waals surface area contributed by atoms with Crippen molar-refractivity contribution in [3.05, 3.63) is 65.6 Å². The number of rotatable bonds is 7. The van der Waals surface area contributed by atoms with Crippen LogP contribution in [0, 0.1) is 0 Å². The molecular formula is C25H31N5O2. The number of H-pyrrole nitrogens is 1. The van der Waals surface area contributed by atoms with Crippen LogP contribution in [-0.4, -0.2) is 64.5 Å². The second kappa shape index (κ2) is 9.30. The normalized spacial score (nSPS) is 18.6. The van der Waals surface area contributed by atoms with E-state index < -0.39 is 0 Å². The van der Waals surface area contributed by atoms with Crippen molar-refractivity contribution in [1.82, 2.24) is 25.0 Å². The molecule has 1 saturated heterocycles. The summed E-state index contributed by atoms with van der Waals surface area (Å²) in [5.41, 5.74) is 5.44. The molecule has 1 fully saturated rings. The highest BCUT2D eigenvalue weighted by atomic mass is 16.5. The minimum atomic E-state index is 0.0341. The average molecular weight is 434 g/mol. The Kier molecular flexibility index (Phi) is 6.10. The Morgan fingerprint density at radius 3 is 3.00 bits per heavy atom. The minimum Gasteiger partial charge on any atom is -0.378 e. The van der Waals surface area contributed by atoms with Gasteiger partial charge in [0.05, 0.1) is 19.8 Å². The Labute approximate surface area is 188 Å². The first-order valence-electron chi connectivity index (χ1n) is 11.6. The zero-order chi connectivity index (χ0) is 21.9. The standard InChI is InChI=1S/C25H31N5O2/c1-2-11-30-23-8-7-19(26-10-9-18-17-27-22-6-4-3-5-20(18)22)16-21(23)24(28-30)25(31)29-12-14-32-15-13-29/h2-6,17,19,26-27H,1,7-16H2. The lowest BCUT2D eigenvalue weighted by Crippen LogP contribution is -2.42. The molecule has 1 amide bonds. The largest absolute Gasteiger partial charge is 0.378 e. The van der Waals surface area contributed by atoms with Gasteiger partial charge in [-0.1, -0.05) is 24.3 Å². The predicted molar refractivity (Wildman–Crippen MR) is 125 cm³/mol. The summed E-state index contributed by atoms with van der Waals surface area (Å²) in [7, 11) is 0. The van der Waals surface area contributed by atoms with Crippen molar-refractivity contribution >= 4 is 16.8 Å². The number of amides is 1. The zero-order valence-corrected chi connectivity index (χ0v) is 18.5. The number of fused-ring (bicyclic) bond motifs is 2. The molecule has 2 aromatic heterocycles.